The number of hydrogen-bond acceptors (Lipinski definition) is 2. The molecule has 1 fully saturated rings. The molecule has 0 bridgehead atoms. The quantitative estimate of drug-likeness (QED) is 0.817. The summed E-state index contributed by atoms with van der Waals surface area (Å²) >= 11 is 6.15. The van der Waals surface area contributed by atoms with Crippen molar-refractivity contribution in [2.45, 2.75) is 24.8 Å². The van der Waals surface area contributed by atoms with Gasteiger partial charge in [0, 0.05) is 10.6 Å². The fourth-order valence-corrected chi connectivity index (χ4v) is 2.21. The molecule has 2 nitrogen and oxygen atoms in total. The lowest BCUT2D eigenvalue weighted by Crippen LogP contribution is -2.43. The van der Waals surface area contributed by atoms with Crippen LogP contribution < -0.4 is 10.5 Å². The van der Waals surface area contributed by atoms with Crippen LogP contribution in [0, 0.1) is 0 Å². The van der Waals surface area contributed by atoms with Gasteiger partial charge in [-0.15, -0.1) is 0 Å². The van der Waals surface area contributed by atoms with E-state index in [0.717, 1.165) is 24.2 Å². The third kappa shape index (κ3) is 1.49. The summed E-state index contributed by atoms with van der Waals surface area (Å²) in [6, 6.07) is 5.71. The first-order valence-electron chi connectivity index (χ1n) is 4.79. The molecule has 0 heterocycles. The Morgan fingerprint density at radius 2 is 2.14 bits per heavy atom. The Kier molecular flexibility index (Phi) is 2.41. The maximum Gasteiger partial charge on any atom is 0.120 e. The number of ether oxygens (including phenoxy) is 1. The first-order valence-corrected chi connectivity index (χ1v) is 5.16. The molecule has 0 spiro atoms. The highest BCUT2D eigenvalue weighted by Gasteiger charge is 2.35. The van der Waals surface area contributed by atoms with Crippen molar-refractivity contribution in [3.8, 4) is 5.75 Å². The van der Waals surface area contributed by atoms with Crippen molar-refractivity contribution < 1.29 is 4.74 Å². The molecule has 0 unspecified atom stereocenters. The zero-order chi connectivity index (χ0) is 10.2. The molecule has 1 aliphatic carbocycles. The van der Waals surface area contributed by atoms with Gasteiger partial charge >= 0.3 is 0 Å². The predicted molar refractivity (Wildman–Crippen MR) is 57.7 cm³/mol. The molecule has 0 atom stereocenters. The minimum atomic E-state index is -0.191. The zero-order valence-corrected chi connectivity index (χ0v) is 8.97. The van der Waals surface area contributed by atoms with E-state index in [-0.39, 0.29) is 5.54 Å². The number of rotatable bonds is 2. The second-order valence-electron chi connectivity index (χ2n) is 3.86. The molecule has 0 saturated heterocycles. The summed E-state index contributed by atoms with van der Waals surface area (Å²) in [6.45, 7) is 0. The summed E-state index contributed by atoms with van der Waals surface area (Å²) in [7, 11) is 1.63. The number of benzene rings is 1. The van der Waals surface area contributed by atoms with Crippen LogP contribution in [0.3, 0.4) is 0 Å². The van der Waals surface area contributed by atoms with Crippen molar-refractivity contribution in [3.05, 3.63) is 28.8 Å². The van der Waals surface area contributed by atoms with E-state index in [1.54, 1.807) is 7.11 Å². The fraction of sp³-hybridized carbons (Fsp3) is 0.455. The number of halogens is 1. The van der Waals surface area contributed by atoms with E-state index >= 15 is 0 Å². The van der Waals surface area contributed by atoms with E-state index in [1.807, 2.05) is 18.2 Å². The van der Waals surface area contributed by atoms with Crippen molar-refractivity contribution in [2.75, 3.05) is 7.11 Å². The van der Waals surface area contributed by atoms with Gasteiger partial charge in [0.2, 0.25) is 0 Å². The van der Waals surface area contributed by atoms with E-state index in [9.17, 15) is 0 Å². The summed E-state index contributed by atoms with van der Waals surface area (Å²) in [5.41, 5.74) is 7.05. The van der Waals surface area contributed by atoms with Gasteiger partial charge in [0.25, 0.3) is 0 Å². The summed E-state index contributed by atoms with van der Waals surface area (Å²) in [5.74, 6) is 0.779. The maximum atomic E-state index is 6.19. The lowest BCUT2D eigenvalue weighted by atomic mass is 9.73. The standard InChI is InChI=1S/C11H14ClNO/c1-14-8-3-4-9(10(12)7-8)11(13)5-2-6-11/h3-4,7H,2,5-6,13H2,1H3. The van der Waals surface area contributed by atoms with E-state index in [2.05, 4.69) is 0 Å². The van der Waals surface area contributed by atoms with Gasteiger partial charge in [0.1, 0.15) is 5.75 Å². The average Bonchev–Trinajstić information content (AvgIpc) is 2.14. The number of nitrogens with two attached hydrogens (primary N) is 1. The summed E-state index contributed by atoms with van der Waals surface area (Å²) in [6.07, 6.45) is 3.25. The largest absolute Gasteiger partial charge is 0.497 e. The molecular weight excluding hydrogens is 198 g/mol. The lowest BCUT2D eigenvalue weighted by Gasteiger charge is -2.39. The molecule has 0 amide bonds. The van der Waals surface area contributed by atoms with Crippen molar-refractivity contribution in [1.82, 2.24) is 0 Å². The van der Waals surface area contributed by atoms with Crippen LogP contribution in [0.15, 0.2) is 18.2 Å². The summed E-state index contributed by atoms with van der Waals surface area (Å²) < 4.78 is 5.09. The van der Waals surface area contributed by atoms with Gasteiger partial charge in [-0.1, -0.05) is 17.7 Å². The van der Waals surface area contributed by atoms with E-state index in [4.69, 9.17) is 22.1 Å². The van der Waals surface area contributed by atoms with Crippen molar-refractivity contribution >= 4 is 11.6 Å². The first kappa shape index (κ1) is 9.81. The monoisotopic (exact) mass is 211 g/mol. The van der Waals surface area contributed by atoms with Gasteiger partial charge in [0.05, 0.1) is 7.11 Å². The van der Waals surface area contributed by atoms with Crippen LogP contribution in [0.2, 0.25) is 5.02 Å². The van der Waals surface area contributed by atoms with Crippen LogP contribution in [0.25, 0.3) is 0 Å². The molecule has 76 valence electrons. The Morgan fingerprint density at radius 1 is 1.43 bits per heavy atom. The highest BCUT2D eigenvalue weighted by atomic mass is 35.5. The lowest BCUT2D eigenvalue weighted by molar-refractivity contribution is 0.253. The Balaban J connectivity index is 2.35. The smallest absolute Gasteiger partial charge is 0.120 e. The third-order valence-electron chi connectivity index (χ3n) is 2.96. The maximum absolute atomic E-state index is 6.19. The van der Waals surface area contributed by atoms with Gasteiger partial charge < -0.3 is 10.5 Å². The molecule has 1 aromatic carbocycles. The summed E-state index contributed by atoms with van der Waals surface area (Å²) in [5, 5.41) is 0.714. The fourth-order valence-electron chi connectivity index (χ4n) is 1.85. The SMILES string of the molecule is COc1ccc(C2(N)CCC2)c(Cl)c1. The molecule has 1 saturated carbocycles. The van der Waals surface area contributed by atoms with Gasteiger partial charge in [0.15, 0.2) is 0 Å². The predicted octanol–water partition coefficient (Wildman–Crippen LogP) is 2.69. The molecule has 1 aromatic rings. The molecule has 1 aliphatic rings. The topological polar surface area (TPSA) is 35.2 Å². The minimum Gasteiger partial charge on any atom is -0.497 e. The molecule has 0 radical (unpaired) electrons. The Bertz CT molecular complexity index is 347. The Labute approximate surface area is 89.0 Å². The zero-order valence-electron chi connectivity index (χ0n) is 8.22. The summed E-state index contributed by atoms with van der Waals surface area (Å²) in [4.78, 5) is 0. The van der Waals surface area contributed by atoms with Crippen LogP contribution in [-0.2, 0) is 5.54 Å². The van der Waals surface area contributed by atoms with E-state index < -0.39 is 0 Å². The minimum absolute atomic E-state index is 0.191. The number of methoxy groups -OCH3 is 1. The Morgan fingerprint density at radius 3 is 2.57 bits per heavy atom. The van der Waals surface area contributed by atoms with Crippen LogP contribution in [0.1, 0.15) is 24.8 Å². The van der Waals surface area contributed by atoms with Crippen molar-refractivity contribution in [1.29, 1.82) is 0 Å². The molecule has 14 heavy (non-hydrogen) atoms. The molecule has 0 aromatic heterocycles. The molecule has 2 rings (SSSR count). The van der Waals surface area contributed by atoms with Crippen LogP contribution >= 0.6 is 11.6 Å². The van der Waals surface area contributed by atoms with Crippen molar-refractivity contribution in [3.63, 3.8) is 0 Å². The second-order valence-corrected chi connectivity index (χ2v) is 4.26. The van der Waals surface area contributed by atoms with E-state index in [0.29, 0.717) is 5.02 Å². The normalized spacial score (nSPS) is 18.8. The van der Waals surface area contributed by atoms with Crippen molar-refractivity contribution in [2.24, 2.45) is 5.73 Å². The van der Waals surface area contributed by atoms with E-state index in [1.165, 1.54) is 6.42 Å². The average molecular weight is 212 g/mol. The second kappa shape index (κ2) is 3.44. The van der Waals surface area contributed by atoms with Gasteiger partial charge in [-0.2, -0.15) is 0 Å². The van der Waals surface area contributed by atoms with Crippen LogP contribution in [0.4, 0.5) is 0 Å². The first-order chi connectivity index (χ1) is 6.65. The highest BCUT2D eigenvalue weighted by Crippen LogP contribution is 2.42. The number of hydrogen-bond donors (Lipinski definition) is 1. The third-order valence-corrected chi connectivity index (χ3v) is 3.27. The molecular formula is C11H14ClNO. The van der Waals surface area contributed by atoms with Crippen LogP contribution in [-0.4, -0.2) is 7.11 Å². The van der Waals surface area contributed by atoms with Crippen LogP contribution in [0.5, 0.6) is 5.75 Å². The van der Waals surface area contributed by atoms with Gasteiger partial charge in [-0.05, 0) is 37.0 Å². The molecule has 0 aliphatic heterocycles. The molecule has 2 N–H and O–H groups in total. The molecule has 3 heteroatoms. The highest BCUT2D eigenvalue weighted by molar-refractivity contribution is 6.31. The Hall–Kier alpha value is -0.730. The van der Waals surface area contributed by atoms with Gasteiger partial charge in [-0.25, -0.2) is 0 Å². The van der Waals surface area contributed by atoms with Gasteiger partial charge in [-0.3, -0.25) is 0 Å².